The Balaban J connectivity index is 0.00000338. The molecule has 1 amide bonds. The molecule has 0 fully saturated rings. The Labute approximate surface area is 180 Å². The molecule has 0 radical (unpaired) electrons. The third kappa shape index (κ3) is 6.95. The van der Waals surface area contributed by atoms with Crippen LogP contribution in [-0.2, 0) is 13.1 Å². The van der Waals surface area contributed by atoms with Crippen molar-refractivity contribution in [3.8, 4) is 0 Å². The number of benzene rings is 2. The van der Waals surface area contributed by atoms with Crippen LogP contribution in [0.15, 0.2) is 58.0 Å². The Bertz CT molecular complexity index is 749. The van der Waals surface area contributed by atoms with Gasteiger partial charge in [0.15, 0.2) is 5.96 Å². The SMILES string of the molecule is CCNC(=NCc1cccc(C(N)=O)c1)N(C)Cc1ccc(Br)cc1.I. The molecule has 2 rings (SSSR count). The minimum Gasteiger partial charge on any atom is -0.366 e. The second kappa shape index (κ2) is 11.2. The topological polar surface area (TPSA) is 70.7 Å². The smallest absolute Gasteiger partial charge is 0.248 e. The van der Waals surface area contributed by atoms with E-state index < -0.39 is 5.91 Å². The highest BCUT2D eigenvalue weighted by Gasteiger charge is 2.07. The fraction of sp³-hybridized carbons (Fsp3) is 0.263. The van der Waals surface area contributed by atoms with E-state index in [-0.39, 0.29) is 24.0 Å². The molecule has 0 aliphatic heterocycles. The number of halogens is 2. The summed E-state index contributed by atoms with van der Waals surface area (Å²) in [4.78, 5) is 18.0. The van der Waals surface area contributed by atoms with Crippen molar-refractivity contribution < 1.29 is 4.79 Å². The normalized spacial score (nSPS) is 10.8. The van der Waals surface area contributed by atoms with Crippen LogP contribution in [0.3, 0.4) is 0 Å². The first kappa shape index (κ1) is 22.4. The molecule has 0 saturated carbocycles. The van der Waals surface area contributed by atoms with Crippen molar-refractivity contribution in [3.05, 3.63) is 69.7 Å². The Morgan fingerprint density at radius 1 is 1.19 bits per heavy atom. The van der Waals surface area contributed by atoms with Gasteiger partial charge >= 0.3 is 0 Å². The van der Waals surface area contributed by atoms with E-state index in [0.717, 1.165) is 29.1 Å². The van der Waals surface area contributed by atoms with Crippen LogP contribution >= 0.6 is 39.9 Å². The fourth-order valence-corrected chi connectivity index (χ4v) is 2.66. The van der Waals surface area contributed by atoms with Crippen molar-refractivity contribution in [1.82, 2.24) is 10.2 Å². The molecule has 0 aromatic heterocycles. The van der Waals surface area contributed by atoms with E-state index in [9.17, 15) is 4.79 Å². The molecule has 140 valence electrons. The fourth-order valence-electron chi connectivity index (χ4n) is 2.40. The highest BCUT2D eigenvalue weighted by Crippen LogP contribution is 2.12. The van der Waals surface area contributed by atoms with Crippen LogP contribution in [0, 0.1) is 0 Å². The van der Waals surface area contributed by atoms with Crippen LogP contribution in [0.1, 0.15) is 28.4 Å². The average Bonchev–Trinajstić information content (AvgIpc) is 2.60. The molecule has 0 aliphatic rings. The number of hydrogen-bond acceptors (Lipinski definition) is 2. The van der Waals surface area contributed by atoms with Crippen LogP contribution in [0.5, 0.6) is 0 Å². The molecule has 0 aliphatic carbocycles. The minimum atomic E-state index is -0.426. The lowest BCUT2D eigenvalue weighted by Crippen LogP contribution is -2.38. The van der Waals surface area contributed by atoms with Gasteiger partial charge in [0.25, 0.3) is 0 Å². The number of aliphatic imine (C=N–C) groups is 1. The summed E-state index contributed by atoms with van der Waals surface area (Å²) >= 11 is 3.45. The van der Waals surface area contributed by atoms with E-state index in [0.29, 0.717) is 12.1 Å². The number of carbonyl (C=O) groups excluding carboxylic acids is 1. The lowest BCUT2D eigenvalue weighted by Gasteiger charge is -2.22. The monoisotopic (exact) mass is 530 g/mol. The van der Waals surface area contributed by atoms with Gasteiger partial charge in [-0.1, -0.05) is 40.2 Å². The summed E-state index contributed by atoms with van der Waals surface area (Å²) < 4.78 is 1.06. The van der Waals surface area contributed by atoms with Crippen molar-refractivity contribution in [1.29, 1.82) is 0 Å². The number of nitrogens with zero attached hydrogens (tertiary/aromatic N) is 2. The molecule has 0 bridgehead atoms. The molecule has 2 aromatic rings. The predicted molar refractivity (Wildman–Crippen MR) is 121 cm³/mol. The summed E-state index contributed by atoms with van der Waals surface area (Å²) in [6, 6.07) is 15.5. The van der Waals surface area contributed by atoms with E-state index in [1.807, 2.05) is 38.2 Å². The lowest BCUT2D eigenvalue weighted by molar-refractivity contribution is 0.1000. The molecule has 7 heteroatoms. The van der Waals surface area contributed by atoms with Gasteiger partial charge in [-0.05, 0) is 42.3 Å². The summed E-state index contributed by atoms with van der Waals surface area (Å²) in [6.07, 6.45) is 0. The summed E-state index contributed by atoms with van der Waals surface area (Å²) in [5.74, 6) is 0.389. The van der Waals surface area contributed by atoms with Gasteiger partial charge in [-0.3, -0.25) is 4.79 Å². The number of rotatable bonds is 6. The first-order valence-electron chi connectivity index (χ1n) is 8.12. The van der Waals surface area contributed by atoms with Gasteiger partial charge in [0, 0.05) is 30.2 Å². The number of carbonyl (C=O) groups is 1. The minimum absolute atomic E-state index is 0. The van der Waals surface area contributed by atoms with Crippen molar-refractivity contribution in [2.75, 3.05) is 13.6 Å². The molecule has 0 spiro atoms. The number of guanidine groups is 1. The van der Waals surface area contributed by atoms with Crippen molar-refractivity contribution >= 4 is 51.8 Å². The number of primary amides is 1. The first-order valence-corrected chi connectivity index (χ1v) is 8.91. The highest BCUT2D eigenvalue weighted by molar-refractivity contribution is 14.0. The largest absolute Gasteiger partial charge is 0.366 e. The number of amides is 1. The van der Waals surface area contributed by atoms with Gasteiger partial charge in [0.2, 0.25) is 5.91 Å². The molecule has 26 heavy (non-hydrogen) atoms. The molecule has 0 unspecified atom stereocenters. The molecule has 0 saturated heterocycles. The second-order valence-corrected chi connectivity index (χ2v) is 6.63. The van der Waals surface area contributed by atoms with Gasteiger partial charge in [-0.15, -0.1) is 24.0 Å². The predicted octanol–water partition coefficient (Wildman–Crippen LogP) is 3.76. The summed E-state index contributed by atoms with van der Waals surface area (Å²) in [5, 5.41) is 3.30. The third-order valence-electron chi connectivity index (χ3n) is 3.65. The Hall–Kier alpha value is -1.61. The zero-order valence-electron chi connectivity index (χ0n) is 14.9. The van der Waals surface area contributed by atoms with E-state index in [1.54, 1.807) is 12.1 Å². The van der Waals surface area contributed by atoms with Gasteiger partial charge in [0.1, 0.15) is 0 Å². The number of nitrogens with two attached hydrogens (primary N) is 1. The van der Waals surface area contributed by atoms with Crippen LogP contribution in [-0.4, -0.2) is 30.4 Å². The number of hydrogen-bond donors (Lipinski definition) is 2. The van der Waals surface area contributed by atoms with E-state index >= 15 is 0 Å². The standard InChI is InChI=1S/C19H23BrN4O.HI/c1-3-22-19(24(2)13-14-7-9-17(20)10-8-14)23-12-15-5-4-6-16(11-15)18(21)25;/h4-11H,3,12-13H2,1-2H3,(H2,21,25)(H,22,23);1H. The van der Waals surface area contributed by atoms with Gasteiger partial charge in [-0.2, -0.15) is 0 Å². The van der Waals surface area contributed by atoms with E-state index in [2.05, 4.69) is 43.3 Å². The molecule has 2 aromatic carbocycles. The quantitative estimate of drug-likeness (QED) is 0.339. The maximum Gasteiger partial charge on any atom is 0.248 e. The summed E-state index contributed by atoms with van der Waals surface area (Å²) in [5.41, 5.74) is 7.98. The zero-order valence-corrected chi connectivity index (χ0v) is 18.8. The van der Waals surface area contributed by atoms with Crippen molar-refractivity contribution in [3.63, 3.8) is 0 Å². The van der Waals surface area contributed by atoms with Gasteiger partial charge in [-0.25, -0.2) is 4.99 Å². The molecule has 0 atom stereocenters. The van der Waals surface area contributed by atoms with Gasteiger partial charge < -0.3 is 16.0 Å². The second-order valence-electron chi connectivity index (χ2n) is 5.72. The highest BCUT2D eigenvalue weighted by atomic mass is 127. The summed E-state index contributed by atoms with van der Waals surface area (Å²) in [6.45, 7) is 4.05. The maximum absolute atomic E-state index is 11.3. The maximum atomic E-state index is 11.3. The molecule has 5 nitrogen and oxygen atoms in total. The average molecular weight is 531 g/mol. The van der Waals surface area contributed by atoms with Crippen LogP contribution in [0.25, 0.3) is 0 Å². The van der Waals surface area contributed by atoms with Crippen LogP contribution in [0.4, 0.5) is 0 Å². The van der Waals surface area contributed by atoms with Crippen molar-refractivity contribution in [2.24, 2.45) is 10.7 Å². The van der Waals surface area contributed by atoms with Crippen LogP contribution < -0.4 is 11.1 Å². The van der Waals surface area contributed by atoms with E-state index in [4.69, 9.17) is 5.73 Å². The first-order chi connectivity index (χ1) is 12.0. The summed E-state index contributed by atoms with van der Waals surface area (Å²) in [7, 11) is 2.00. The lowest BCUT2D eigenvalue weighted by atomic mass is 10.1. The number of nitrogens with one attached hydrogen (secondary N) is 1. The van der Waals surface area contributed by atoms with E-state index in [1.165, 1.54) is 5.56 Å². The third-order valence-corrected chi connectivity index (χ3v) is 4.18. The van der Waals surface area contributed by atoms with Crippen molar-refractivity contribution in [2.45, 2.75) is 20.0 Å². The Morgan fingerprint density at radius 3 is 2.50 bits per heavy atom. The Kier molecular flexibility index (Phi) is 9.64. The zero-order chi connectivity index (χ0) is 18.2. The molecular formula is C19H24BrIN4O. The molecule has 0 heterocycles. The molecule has 3 N–H and O–H groups in total. The van der Waals surface area contributed by atoms with Crippen LogP contribution in [0.2, 0.25) is 0 Å². The molecular weight excluding hydrogens is 507 g/mol. The van der Waals surface area contributed by atoms with Gasteiger partial charge in [0.05, 0.1) is 6.54 Å². The Morgan fingerprint density at radius 2 is 1.88 bits per heavy atom.